The second-order valence-corrected chi connectivity index (χ2v) is 6.97. The molecular formula is C11H22O2S. The molecule has 0 heterocycles. The Labute approximate surface area is 91.8 Å². The van der Waals surface area contributed by atoms with E-state index in [-0.39, 0.29) is 16.6 Å². The molecule has 0 spiro atoms. The summed E-state index contributed by atoms with van der Waals surface area (Å²) in [6, 6.07) is 0. The lowest BCUT2D eigenvalue weighted by atomic mass is 10.2. The molecule has 0 unspecified atom stereocenters. The predicted molar refractivity (Wildman–Crippen MR) is 62.6 cm³/mol. The fourth-order valence-electron chi connectivity index (χ4n) is 1.08. The molecule has 14 heavy (non-hydrogen) atoms. The summed E-state index contributed by atoms with van der Waals surface area (Å²) in [6.45, 7) is 12.7. The first-order chi connectivity index (χ1) is 6.24. The Kier molecular flexibility index (Phi) is 5.57. The lowest BCUT2D eigenvalue weighted by Gasteiger charge is -2.26. The third kappa shape index (κ3) is 6.30. The van der Waals surface area contributed by atoms with Gasteiger partial charge >= 0.3 is 5.97 Å². The molecule has 0 radical (unpaired) electrons. The highest BCUT2D eigenvalue weighted by Gasteiger charge is 2.22. The maximum atomic E-state index is 11.2. The van der Waals surface area contributed by atoms with E-state index < -0.39 is 0 Å². The minimum Gasteiger partial charge on any atom is -0.464 e. The van der Waals surface area contributed by atoms with E-state index in [4.69, 9.17) is 4.74 Å². The van der Waals surface area contributed by atoms with Gasteiger partial charge in [-0.25, -0.2) is 0 Å². The number of thioether (sulfide) groups is 1. The fraction of sp³-hybridized carbons (Fsp3) is 0.909. The van der Waals surface area contributed by atoms with Crippen molar-refractivity contribution >= 4 is 17.7 Å². The molecule has 0 aliphatic rings. The number of carbonyl (C=O) groups is 1. The van der Waals surface area contributed by atoms with Crippen molar-refractivity contribution in [2.75, 3.05) is 6.61 Å². The van der Waals surface area contributed by atoms with Gasteiger partial charge in [0.05, 0.1) is 5.92 Å². The maximum Gasteiger partial charge on any atom is 0.308 e. The van der Waals surface area contributed by atoms with Crippen molar-refractivity contribution in [3.05, 3.63) is 0 Å². The molecule has 0 saturated heterocycles. The van der Waals surface area contributed by atoms with Crippen LogP contribution in [-0.2, 0) is 9.53 Å². The molecule has 0 fully saturated rings. The summed E-state index contributed by atoms with van der Waals surface area (Å²) in [5, 5.41) is 0.558. The van der Waals surface area contributed by atoms with Gasteiger partial charge in [-0.3, -0.25) is 4.79 Å². The van der Waals surface area contributed by atoms with Crippen LogP contribution in [-0.4, -0.2) is 22.6 Å². The van der Waals surface area contributed by atoms with Gasteiger partial charge in [-0.05, 0) is 19.1 Å². The Balaban J connectivity index is 3.92. The van der Waals surface area contributed by atoms with Crippen LogP contribution in [0.2, 0.25) is 0 Å². The van der Waals surface area contributed by atoms with Gasteiger partial charge in [0.2, 0.25) is 0 Å². The van der Waals surface area contributed by atoms with Crippen molar-refractivity contribution < 1.29 is 9.53 Å². The van der Waals surface area contributed by atoms with Crippen molar-refractivity contribution in [2.45, 2.75) is 51.5 Å². The van der Waals surface area contributed by atoms with Crippen LogP contribution in [0.15, 0.2) is 0 Å². The Hall–Kier alpha value is -0.180. The zero-order valence-electron chi connectivity index (χ0n) is 10.1. The molecule has 0 amide bonds. The molecule has 0 aliphatic heterocycles. The van der Waals surface area contributed by atoms with E-state index in [0.29, 0.717) is 11.9 Å². The Bertz CT molecular complexity index is 186. The lowest BCUT2D eigenvalue weighted by Crippen LogP contribution is -2.28. The maximum absolute atomic E-state index is 11.2. The lowest BCUT2D eigenvalue weighted by molar-refractivity contribution is -0.147. The van der Waals surface area contributed by atoms with Crippen molar-refractivity contribution in [1.82, 2.24) is 0 Å². The standard InChI is InChI=1S/C11H22O2S/c1-8(2)10(12)13-7-11(5,6)14-9(3)4/h8-9H,7H2,1-6H3. The average molecular weight is 218 g/mol. The van der Waals surface area contributed by atoms with E-state index in [0.717, 1.165) is 0 Å². The van der Waals surface area contributed by atoms with Crippen LogP contribution in [0.3, 0.4) is 0 Å². The number of esters is 1. The van der Waals surface area contributed by atoms with Gasteiger partial charge in [0.25, 0.3) is 0 Å². The Morgan fingerprint density at radius 3 is 2.14 bits per heavy atom. The van der Waals surface area contributed by atoms with Crippen LogP contribution >= 0.6 is 11.8 Å². The molecule has 0 aliphatic carbocycles. The monoisotopic (exact) mass is 218 g/mol. The molecule has 3 heteroatoms. The smallest absolute Gasteiger partial charge is 0.308 e. The van der Waals surface area contributed by atoms with Gasteiger partial charge < -0.3 is 4.74 Å². The largest absolute Gasteiger partial charge is 0.464 e. The molecular weight excluding hydrogens is 196 g/mol. The van der Waals surface area contributed by atoms with Crippen LogP contribution in [0.4, 0.5) is 0 Å². The van der Waals surface area contributed by atoms with Gasteiger partial charge in [-0.15, -0.1) is 11.8 Å². The van der Waals surface area contributed by atoms with E-state index in [9.17, 15) is 4.79 Å². The summed E-state index contributed by atoms with van der Waals surface area (Å²) in [7, 11) is 0. The SMILES string of the molecule is CC(C)SC(C)(C)COC(=O)C(C)C. The zero-order chi connectivity index (χ0) is 11.4. The van der Waals surface area contributed by atoms with Gasteiger partial charge in [-0.2, -0.15) is 0 Å². The van der Waals surface area contributed by atoms with E-state index in [1.807, 2.05) is 25.6 Å². The minimum atomic E-state index is -0.109. The third-order valence-corrected chi connectivity index (χ3v) is 2.82. The average Bonchev–Trinajstić information content (AvgIpc) is 1.97. The minimum absolute atomic E-state index is 0.0126. The third-order valence-electron chi connectivity index (χ3n) is 1.59. The molecule has 2 nitrogen and oxygen atoms in total. The number of carbonyl (C=O) groups excluding carboxylic acids is 1. The van der Waals surface area contributed by atoms with E-state index in [1.165, 1.54) is 0 Å². The summed E-state index contributed by atoms with van der Waals surface area (Å²) in [4.78, 5) is 11.2. The van der Waals surface area contributed by atoms with Crippen molar-refractivity contribution in [2.24, 2.45) is 5.92 Å². The molecule has 84 valence electrons. The van der Waals surface area contributed by atoms with E-state index >= 15 is 0 Å². The molecule has 0 aromatic carbocycles. The highest BCUT2D eigenvalue weighted by atomic mass is 32.2. The summed E-state index contributed by atoms with van der Waals surface area (Å²) in [5.41, 5.74) is 0. The molecule has 0 saturated carbocycles. The number of hydrogen-bond acceptors (Lipinski definition) is 3. The normalized spacial score (nSPS) is 12.3. The number of rotatable bonds is 5. The fourth-order valence-corrected chi connectivity index (χ4v) is 2.49. The highest BCUT2D eigenvalue weighted by molar-refractivity contribution is 8.01. The van der Waals surface area contributed by atoms with E-state index in [1.54, 1.807) is 0 Å². The zero-order valence-corrected chi connectivity index (χ0v) is 10.9. The van der Waals surface area contributed by atoms with Gasteiger partial charge in [0.15, 0.2) is 0 Å². The predicted octanol–water partition coefficient (Wildman–Crippen LogP) is 3.11. The summed E-state index contributed by atoms with van der Waals surface area (Å²) in [5.74, 6) is -0.141. The molecule has 0 atom stereocenters. The van der Waals surface area contributed by atoms with Gasteiger partial charge in [-0.1, -0.05) is 27.7 Å². The number of hydrogen-bond donors (Lipinski definition) is 0. The molecule has 0 N–H and O–H groups in total. The van der Waals surface area contributed by atoms with Crippen LogP contribution in [0, 0.1) is 5.92 Å². The second kappa shape index (κ2) is 5.64. The second-order valence-electron chi connectivity index (χ2n) is 4.69. The van der Waals surface area contributed by atoms with Gasteiger partial charge in [0, 0.05) is 4.75 Å². The van der Waals surface area contributed by atoms with Gasteiger partial charge in [0.1, 0.15) is 6.61 Å². The van der Waals surface area contributed by atoms with Crippen molar-refractivity contribution in [3.8, 4) is 0 Å². The number of ether oxygens (including phenoxy) is 1. The van der Waals surface area contributed by atoms with Crippen molar-refractivity contribution in [3.63, 3.8) is 0 Å². The Morgan fingerprint density at radius 1 is 1.29 bits per heavy atom. The van der Waals surface area contributed by atoms with Crippen LogP contribution < -0.4 is 0 Å². The first kappa shape index (κ1) is 13.8. The highest BCUT2D eigenvalue weighted by Crippen LogP contribution is 2.28. The van der Waals surface area contributed by atoms with Crippen LogP contribution in [0.5, 0.6) is 0 Å². The van der Waals surface area contributed by atoms with Crippen LogP contribution in [0.25, 0.3) is 0 Å². The molecule has 0 rings (SSSR count). The summed E-state index contributed by atoms with van der Waals surface area (Å²) < 4.78 is 5.22. The quantitative estimate of drug-likeness (QED) is 0.663. The van der Waals surface area contributed by atoms with Crippen LogP contribution in [0.1, 0.15) is 41.5 Å². The summed E-state index contributed by atoms with van der Waals surface area (Å²) in [6.07, 6.45) is 0. The van der Waals surface area contributed by atoms with E-state index in [2.05, 4.69) is 27.7 Å². The first-order valence-electron chi connectivity index (χ1n) is 5.09. The topological polar surface area (TPSA) is 26.3 Å². The Morgan fingerprint density at radius 2 is 1.79 bits per heavy atom. The summed E-state index contributed by atoms with van der Waals surface area (Å²) >= 11 is 1.83. The molecule has 0 aromatic rings. The van der Waals surface area contributed by atoms with Crippen molar-refractivity contribution in [1.29, 1.82) is 0 Å². The molecule has 0 aromatic heterocycles. The first-order valence-corrected chi connectivity index (χ1v) is 5.97. The molecule has 0 bridgehead atoms.